The summed E-state index contributed by atoms with van der Waals surface area (Å²) >= 11 is 0. The minimum Gasteiger partial charge on any atom is -0.495 e. The van der Waals surface area contributed by atoms with Crippen molar-refractivity contribution in [3.63, 3.8) is 0 Å². The zero-order chi connectivity index (χ0) is 29.3. The Morgan fingerprint density at radius 2 is 1.20 bits per heavy atom. The van der Waals surface area contributed by atoms with Gasteiger partial charge < -0.3 is 14.2 Å². The first-order valence-corrected chi connectivity index (χ1v) is 15.5. The lowest BCUT2D eigenvalue weighted by atomic mass is 10.3. The van der Waals surface area contributed by atoms with Crippen molar-refractivity contribution in [1.82, 2.24) is 0 Å². The quantitative estimate of drug-likeness (QED) is 0.208. The lowest BCUT2D eigenvalue weighted by Gasteiger charge is -2.15. The maximum absolute atomic E-state index is 14.2. The summed E-state index contributed by atoms with van der Waals surface area (Å²) < 4.78 is 102. The second-order valence-corrected chi connectivity index (χ2v) is 12.1. The van der Waals surface area contributed by atoms with Crippen LogP contribution in [0.15, 0.2) is 64.4 Å². The third-order valence-corrected chi connectivity index (χ3v) is 8.30. The fourth-order valence-electron chi connectivity index (χ4n) is 3.54. The monoisotopic (exact) mass is 598 g/mol. The van der Waals surface area contributed by atoms with Gasteiger partial charge in [-0.1, -0.05) is 26.7 Å². The molecule has 0 aromatic heterocycles. The molecule has 0 saturated carbocycles. The third-order valence-electron chi connectivity index (χ3n) is 5.52. The Morgan fingerprint density at radius 1 is 0.700 bits per heavy atom. The molecule has 0 amide bonds. The molecule has 3 rings (SSSR count). The van der Waals surface area contributed by atoms with Crippen LogP contribution in [0.25, 0.3) is 0 Å². The number of methoxy groups -OCH3 is 1. The largest absolute Gasteiger partial charge is 0.495 e. The Morgan fingerprint density at radius 3 is 1.68 bits per heavy atom. The highest BCUT2D eigenvalue weighted by atomic mass is 32.2. The van der Waals surface area contributed by atoms with Crippen LogP contribution in [-0.2, 0) is 20.0 Å². The summed E-state index contributed by atoms with van der Waals surface area (Å²) in [6, 6.07) is 10.0. The third kappa shape index (κ3) is 8.46. The van der Waals surface area contributed by atoms with E-state index in [9.17, 15) is 25.6 Å². The second-order valence-electron chi connectivity index (χ2n) is 8.78. The van der Waals surface area contributed by atoms with Crippen molar-refractivity contribution in [1.29, 1.82) is 0 Å². The average molecular weight is 599 g/mol. The van der Waals surface area contributed by atoms with Gasteiger partial charge in [0.15, 0.2) is 0 Å². The lowest BCUT2D eigenvalue weighted by Crippen LogP contribution is -2.17. The van der Waals surface area contributed by atoms with Crippen molar-refractivity contribution in [3.05, 3.63) is 66.2 Å². The van der Waals surface area contributed by atoms with Crippen LogP contribution in [0.5, 0.6) is 17.2 Å². The zero-order valence-electron chi connectivity index (χ0n) is 22.4. The summed E-state index contributed by atoms with van der Waals surface area (Å²) in [5, 5.41) is 0. The number of anilines is 2. The molecule has 40 heavy (non-hydrogen) atoms. The van der Waals surface area contributed by atoms with Gasteiger partial charge in [0.05, 0.1) is 36.6 Å². The van der Waals surface area contributed by atoms with Crippen molar-refractivity contribution in [2.24, 2.45) is 0 Å². The fraction of sp³-hybridized carbons (Fsp3) is 0.333. The van der Waals surface area contributed by atoms with Gasteiger partial charge in [-0.2, -0.15) is 0 Å². The molecular formula is C27H32F2N2O7S2. The van der Waals surface area contributed by atoms with E-state index in [0.717, 1.165) is 62.1 Å². The summed E-state index contributed by atoms with van der Waals surface area (Å²) in [6.45, 7) is 4.58. The number of benzene rings is 3. The highest BCUT2D eigenvalue weighted by Crippen LogP contribution is 2.31. The summed E-state index contributed by atoms with van der Waals surface area (Å²) in [5.41, 5.74) is -0.240. The molecule has 0 fully saturated rings. The SMILES string of the molecule is CCCCOc1cc(F)cc(NS(=O)(=O)c2ccc(OC)c(S(=O)(=O)Nc3cc(F)cc(OCCCC)c3)c2)c1. The molecule has 218 valence electrons. The van der Waals surface area contributed by atoms with Crippen molar-refractivity contribution in [2.45, 2.75) is 49.3 Å². The second kappa shape index (κ2) is 13.7. The number of rotatable bonds is 15. The summed E-state index contributed by atoms with van der Waals surface area (Å²) in [5.74, 6) is -1.33. The number of nitrogens with one attached hydrogen (secondary N) is 2. The van der Waals surface area contributed by atoms with Crippen LogP contribution in [0.3, 0.4) is 0 Å². The van der Waals surface area contributed by atoms with Crippen molar-refractivity contribution in [3.8, 4) is 17.2 Å². The van der Waals surface area contributed by atoms with Crippen molar-refractivity contribution >= 4 is 31.4 Å². The molecule has 3 aromatic rings. The van der Waals surface area contributed by atoms with Gasteiger partial charge in [0.1, 0.15) is 33.8 Å². The number of unbranched alkanes of at least 4 members (excludes halogenated alkanes) is 2. The molecule has 0 atom stereocenters. The van der Waals surface area contributed by atoms with E-state index >= 15 is 0 Å². The first-order chi connectivity index (χ1) is 19.0. The first kappa shape index (κ1) is 31.0. The van der Waals surface area contributed by atoms with Crippen LogP contribution in [0, 0.1) is 11.6 Å². The predicted octanol–water partition coefficient (Wildman–Crippen LogP) is 5.93. The van der Waals surface area contributed by atoms with E-state index in [-0.39, 0.29) is 28.6 Å². The van der Waals surface area contributed by atoms with E-state index in [1.165, 1.54) is 25.3 Å². The molecule has 0 saturated heterocycles. The number of hydrogen-bond donors (Lipinski definition) is 2. The van der Waals surface area contributed by atoms with Gasteiger partial charge in [-0.15, -0.1) is 0 Å². The van der Waals surface area contributed by atoms with Crippen LogP contribution in [0.1, 0.15) is 39.5 Å². The number of halogens is 2. The van der Waals surface area contributed by atoms with E-state index in [0.29, 0.717) is 13.2 Å². The van der Waals surface area contributed by atoms with E-state index in [1.807, 2.05) is 13.8 Å². The summed E-state index contributed by atoms with van der Waals surface area (Å²) in [4.78, 5) is -0.951. The molecule has 13 heteroatoms. The topological polar surface area (TPSA) is 120 Å². The number of sulfonamides is 2. The molecule has 9 nitrogen and oxygen atoms in total. The lowest BCUT2D eigenvalue weighted by molar-refractivity contribution is 0.308. The molecule has 0 aliphatic rings. The van der Waals surface area contributed by atoms with E-state index in [2.05, 4.69) is 9.44 Å². The zero-order valence-corrected chi connectivity index (χ0v) is 24.0. The number of ether oxygens (including phenoxy) is 3. The van der Waals surface area contributed by atoms with Gasteiger partial charge in [-0.25, -0.2) is 25.6 Å². The summed E-state index contributed by atoms with van der Waals surface area (Å²) in [7, 11) is -7.63. The van der Waals surface area contributed by atoms with Crippen molar-refractivity contribution < 1.29 is 39.8 Å². The molecule has 0 aliphatic carbocycles. The predicted molar refractivity (Wildman–Crippen MR) is 148 cm³/mol. The minimum atomic E-state index is -4.47. The average Bonchev–Trinajstić information content (AvgIpc) is 2.87. The van der Waals surface area contributed by atoms with Gasteiger partial charge in [-0.05, 0) is 43.2 Å². The maximum atomic E-state index is 14.2. The number of hydrogen-bond acceptors (Lipinski definition) is 7. The van der Waals surface area contributed by atoms with Crippen LogP contribution < -0.4 is 23.7 Å². The Balaban J connectivity index is 1.90. The highest BCUT2D eigenvalue weighted by Gasteiger charge is 2.25. The van der Waals surface area contributed by atoms with Gasteiger partial charge in [-0.3, -0.25) is 9.44 Å². The van der Waals surface area contributed by atoms with E-state index < -0.39 is 41.5 Å². The molecule has 0 heterocycles. The molecule has 2 N–H and O–H groups in total. The van der Waals surface area contributed by atoms with Gasteiger partial charge in [0.25, 0.3) is 20.0 Å². The summed E-state index contributed by atoms with van der Waals surface area (Å²) in [6.07, 6.45) is 3.18. The smallest absolute Gasteiger partial charge is 0.265 e. The van der Waals surface area contributed by atoms with Crippen LogP contribution >= 0.6 is 0 Å². The fourth-order valence-corrected chi connectivity index (χ4v) is 5.91. The molecule has 0 spiro atoms. The normalized spacial score (nSPS) is 11.6. The standard InChI is InChI=1S/C27H32F2N2O7S2/c1-4-6-10-37-23-14-19(28)12-21(16-23)30-39(32,33)25-8-9-26(36-3)27(18-25)40(34,35)31-22-13-20(29)15-24(17-22)38-11-7-5-2/h8-9,12-18,30-31H,4-7,10-11H2,1-3H3. The first-order valence-electron chi connectivity index (χ1n) is 12.6. The highest BCUT2D eigenvalue weighted by molar-refractivity contribution is 7.93. The Labute approximate surface area is 233 Å². The van der Waals surface area contributed by atoms with Crippen LogP contribution in [0.4, 0.5) is 20.2 Å². The Hall–Kier alpha value is -3.58. The molecule has 0 aliphatic heterocycles. The van der Waals surface area contributed by atoms with Gasteiger partial charge in [0.2, 0.25) is 0 Å². The van der Waals surface area contributed by atoms with E-state index in [1.54, 1.807) is 0 Å². The molecular weight excluding hydrogens is 566 g/mol. The van der Waals surface area contributed by atoms with Gasteiger partial charge >= 0.3 is 0 Å². The van der Waals surface area contributed by atoms with Crippen LogP contribution in [0.2, 0.25) is 0 Å². The van der Waals surface area contributed by atoms with Gasteiger partial charge in [0, 0.05) is 24.3 Å². The maximum Gasteiger partial charge on any atom is 0.265 e. The Bertz CT molecular complexity index is 1530. The molecule has 3 aromatic carbocycles. The molecule has 0 unspecified atom stereocenters. The van der Waals surface area contributed by atoms with Crippen LogP contribution in [-0.4, -0.2) is 37.2 Å². The van der Waals surface area contributed by atoms with Crippen molar-refractivity contribution in [2.75, 3.05) is 29.8 Å². The molecule has 0 bridgehead atoms. The molecule has 0 radical (unpaired) electrons. The minimum absolute atomic E-state index is 0.111. The van der Waals surface area contributed by atoms with E-state index in [4.69, 9.17) is 14.2 Å². The Kier molecular flexibility index (Phi) is 10.6.